The molecule has 0 bridgehead atoms. The summed E-state index contributed by atoms with van der Waals surface area (Å²) in [5.41, 5.74) is -2.87. The molecule has 2 saturated carbocycles. The van der Waals surface area contributed by atoms with Crippen LogP contribution in [0.5, 0.6) is 0 Å². The van der Waals surface area contributed by atoms with Crippen LogP contribution in [0.25, 0.3) is 0 Å². The number of aliphatic hydroxyl groups is 3. The monoisotopic (exact) mass is 434 g/mol. The van der Waals surface area contributed by atoms with E-state index in [1.165, 1.54) is 6.92 Å². The normalized spacial score (nSPS) is 42.3. The number of hydrogen-bond acceptors (Lipinski definition) is 7. The first kappa shape index (κ1) is 21.6. The van der Waals surface area contributed by atoms with E-state index in [1.807, 2.05) is 0 Å². The van der Waals surface area contributed by atoms with Crippen LogP contribution in [-0.2, 0) is 19.1 Å². The van der Waals surface area contributed by atoms with Crippen LogP contribution in [0.3, 0.4) is 0 Å². The Labute approximate surface area is 172 Å². The van der Waals surface area contributed by atoms with E-state index in [9.17, 15) is 24.9 Å². The molecule has 0 spiro atoms. The molecule has 3 fully saturated rings. The predicted octanol–water partition coefficient (Wildman–Crippen LogP) is 0.913. The Morgan fingerprint density at radius 1 is 1.43 bits per heavy atom. The van der Waals surface area contributed by atoms with Crippen LogP contribution in [-0.4, -0.2) is 68.5 Å². The third-order valence-corrected chi connectivity index (χ3v) is 7.19. The lowest BCUT2D eigenvalue weighted by Crippen LogP contribution is -2.52. The molecule has 156 valence electrons. The average molecular weight is 435 g/mol. The van der Waals surface area contributed by atoms with Crippen LogP contribution in [0.2, 0.25) is 0 Å². The quantitative estimate of drug-likeness (QED) is 0.260. The first-order valence-corrected chi connectivity index (χ1v) is 10.1. The van der Waals surface area contributed by atoms with Crippen molar-refractivity contribution in [2.24, 2.45) is 17.8 Å². The van der Waals surface area contributed by atoms with E-state index in [0.29, 0.717) is 5.57 Å². The van der Waals surface area contributed by atoms with Crippen LogP contribution in [0.1, 0.15) is 19.8 Å². The molecule has 3 N–H and O–H groups in total. The summed E-state index contributed by atoms with van der Waals surface area (Å²) in [6.07, 6.45) is -2.54. The lowest BCUT2D eigenvalue weighted by atomic mass is 9.76. The van der Waals surface area contributed by atoms with Gasteiger partial charge in [-0.05, 0) is 19.3 Å². The first-order chi connectivity index (χ1) is 13.0. The molecular formula is C19H24Cl2O7. The molecule has 0 aromatic heterocycles. The average Bonchev–Trinajstić information content (AvgIpc) is 3.04. The Kier molecular flexibility index (Phi) is 5.62. The molecular weight excluding hydrogens is 411 g/mol. The fourth-order valence-corrected chi connectivity index (χ4v) is 5.05. The van der Waals surface area contributed by atoms with E-state index < -0.39 is 53.3 Å². The molecule has 0 aromatic carbocycles. The molecule has 7 nitrogen and oxygen atoms in total. The Hall–Kier alpha value is -1.12. The molecule has 0 aromatic rings. The van der Waals surface area contributed by atoms with Gasteiger partial charge in [-0.3, -0.25) is 0 Å². The molecule has 2 aliphatic carbocycles. The van der Waals surface area contributed by atoms with Gasteiger partial charge in [0.05, 0.1) is 23.8 Å². The molecule has 28 heavy (non-hydrogen) atoms. The predicted molar refractivity (Wildman–Crippen MR) is 101 cm³/mol. The largest absolute Gasteiger partial charge is 0.459 e. The maximum absolute atomic E-state index is 12.4. The number of fused-ring (bicyclic) bond motifs is 3. The van der Waals surface area contributed by atoms with Crippen molar-refractivity contribution in [3.8, 4) is 0 Å². The van der Waals surface area contributed by atoms with Gasteiger partial charge in [-0.25, -0.2) is 9.59 Å². The number of carbonyl (C=O) groups excluding carboxylic acids is 2. The van der Waals surface area contributed by atoms with E-state index >= 15 is 0 Å². The molecule has 8 atom stereocenters. The van der Waals surface area contributed by atoms with Gasteiger partial charge in [-0.1, -0.05) is 18.7 Å². The third kappa shape index (κ3) is 3.17. The zero-order valence-corrected chi connectivity index (χ0v) is 16.9. The molecule has 3 aliphatic rings. The van der Waals surface area contributed by atoms with Crippen LogP contribution < -0.4 is 0 Å². The van der Waals surface area contributed by atoms with Gasteiger partial charge in [0, 0.05) is 17.9 Å². The minimum absolute atomic E-state index is 0.0973. The maximum atomic E-state index is 12.4. The van der Waals surface area contributed by atoms with Gasteiger partial charge in [0.1, 0.15) is 17.8 Å². The Balaban J connectivity index is 2.01. The highest BCUT2D eigenvalue weighted by Gasteiger charge is 2.64. The van der Waals surface area contributed by atoms with Gasteiger partial charge in [0.2, 0.25) is 0 Å². The zero-order chi connectivity index (χ0) is 21.0. The van der Waals surface area contributed by atoms with Crippen molar-refractivity contribution in [3.05, 3.63) is 24.3 Å². The number of halogens is 2. The Morgan fingerprint density at radius 3 is 2.64 bits per heavy atom. The molecule has 1 heterocycles. The van der Waals surface area contributed by atoms with E-state index in [4.69, 9.17) is 32.7 Å². The van der Waals surface area contributed by atoms with Gasteiger partial charge in [-0.15, -0.1) is 23.2 Å². The van der Waals surface area contributed by atoms with Gasteiger partial charge in [0.25, 0.3) is 0 Å². The molecule has 3 rings (SSSR count). The first-order valence-electron chi connectivity index (χ1n) is 9.01. The summed E-state index contributed by atoms with van der Waals surface area (Å²) >= 11 is 11.6. The number of esters is 2. The third-order valence-electron chi connectivity index (χ3n) is 6.24. The standard InChI is InChI=1S/C19H24Cl2O7/c1-8-4-11(27-17(24)18(3,25)6-20)13-9(2)16(23)28-15(13)14-10(8)5-12(22)19(14,26)7-21/h10-15,22,25-26H,1-2,4-7H2,3H3/t10-,11-,12-,13+,14+,15+,18-,19+/m1/s1. The molecule has 0 amide bonds. The second kappa shape index (κ2) is 7.29. The summed E-state index contributed by atoms with van der Waals surface area (Å²) < 4.78 is 11.0. The highest BCUT2D eigenvalue weighted by molar-refractivity contribution is 6.20. The fraction of sp³-hybridized carbons (Fsp3) is 0.684. The highest BCUT2D eigenvalue weighted by atomic mass is 35.5. The van der Waals surface area contributed by atoms with Crippen LogP contribution >= 0.6 is 23.2 Å². The lowest BCUT2D eigenvalue weighted by Gasteiger charge is -2.37. The van der Waals surface area contributed by atoms with Crippen LogP contribution in [0, 0.1) is 17.8 Å². The minimum atomic E-state index is -1.90. The van der Waals surface area contributed by atoms with Crippen molar-refractivity contribution in [2.45, 2.75) is 49.3 Å². The smallest absolute Gasteiger partial charge is 0.339 e. The van der Waals surface area contributed by atoms with E-state index in [0.717, 1.165) is 0 Å². The van der Waals surface area contributed by atoms with Crippen LogP contribution in [0.4, 0.5) is 0 Å². The summed E-state index contributed by atoms with van der Waals surface area (Å²) in [5, 5.41) is 31.6. The Morgan fingerprint density at radius 2 is 2.07 bits per heavy atom. The van der Waals surface area contributed by atoms with E-state index in [1.54, 1.807) is 0 Å². The summed E-state index contributed by atoms with van der Waals surface area (Å²) in [5.74, 6) is -4.11. The van der Waals surface area contributed by atoms with Crippen LogP contribution in [0.15, 0.2) is 24.3 Å². The SMILES string of the molecule is C=C1C(=O)O[C@H]2[C@@H]1[C@H](OC(=O)[C@](C)(O)CCl)CC(=C)[C@H]1C[C@@H](O)[C@@](O)(CCl)[C@H]21. The molecule has 0 unspecified atom stereocenters. The number of aliphatic hydroxyl groups excluding tert-OH is 1. The second-order valence-corrected chi connectivity index (χ2v) is 8.68. The number of ether oxygens (including phenoxy) is 2. The number of hydrogen-bond donors (Lipinski definition) is 3. The van der Waals surface area contributed by atoms with Crippen molar-refractivity contribution in [3.63, 3.8) is 0 Å². The van der Waals surface area contributed by atoms with E-state index in [-0.39, 0.29) is 36.1 Å². The van der Waals surface area contributed by atoms with Crippen molar-refractivity contribution in [1.29, 1.82) is 0 Å². The van der Waals surface area contributed by atoms with Gasteiger partial charge in [-0.2, -0.15) is 0 Å². The van der Waals surface area contributed by atoms with Crippen molar-refractivity contribution >= 4 is 35.1 Å². The highest BCUT2D eigenvalue weighted by Crippen LogP contribution is 2.55. The summed E-state index contributed by atoms with van der Waals surface area (Å²) in [7, 11) is 0. The molecule has 0 radical (unpaired) electrons. The molecule has 1 saturated heterocycles. The molecule has 1 aliphatic heterocycles. The zero-order valence-electron chi connectivity index (χ0n) is 15.4. The lowest BCUT2D eigenvalue weighted by molar-refractivity contribution is -0.172. The number of alkyl halides is 2. The van der Waals surface area contributed by atoms with Crippen molar-refractivity contribution in [1.82, 2.24) is 0 Å². The fourth-order valence-electron chi connectivity index (χ4n) is 4.58. The van der Waals surface area contributed by atoms with Gasteiger partial charge < -0.3 is 24.8 Å². The number of carbonyl (C=O) groups is 2. The second-order valence-electron chi connectivity index (χ2n) is 8.14. The topological polar surface area (TPSA) is 113 Å². The minimum Gasteiger partial charge on any atom is -0.459 e. The Bertz CT molecular complexity index is 721. The maximum Gasteiger partial charge on any atom is 0.339 e. The van der Waals surface area contributed by atoms with Crippen molar-refractivity contribution < 1.29 is 34.4 Å². The summed E-state index contributed by atoms with van der Waals surface area (Å²) in [6, 6.07) is 0. The van der Waals surface area contributed by atoms with Gasteiger partial charge >= 0.3 is 11.9 Å². The van der Waals surface area contributed by atoms with E-state index in [2.05, 4.69) is 13.2 Å². The summed E-state index contributed by atoms with van der Waals surface area (Å²) in [6.45, 7) is 9.05. The molecule has 9 heteroatoms. The van der Waals surface area contributed by atoms with Crippen molar-refractivity contribution in [2.75, 3.05) is 11.8 Å². The number of rotatable bonds is 4. The summed E-state index contributed by atoms with van der Waals surface area (Å²) in [4.78, 5) is 24.6. The van der Waals surface area contributed by atoms with Gasteiger partial charge in [0.15, 0.2) is 5.60 Å².